The first-order valence-corrected chi connectivity index (χ1v) is 16.4. The van der Waals surface area contributed by atoms with Crippen LogP contribution in [0.25, 0.3) is 0 Å². The normalized spacial score (nSPS) is 10.8. The zero-order valence-electron chi connectivity index (χ0n) is 35.3. The molecule has 304 valence electrons. The number of ether oxygens (including phenoxy) is 3. The smallest absolute Gasteiger partial charge is 0.327 e. The van der Waals surface area contributed by atoms with Gasteiger partial charge < -0.3 is 29.5 Å². The number of hydrogen-bond acceptors (Lipinski definition) is 6. The van der Waals surface area contributed by atoms with Crippen molar-refractivity contribution in [2.24, 2.45) is 0 Å². The number of carboxylic acids is 1. The van der Waals surface area contributed by atoms with Crippen molar-refractivity contribution in [3.05, 3.63) is 152 Å². The second-order valence-electron chi connectivity index (χ2n) is 7.93. The first-order chi connectivity index (χ1) is 24.2. The van der Waals surface area contributed by atoms with E-state index in [0.29, 0.717) is 12.2 Å². The van der Waals surface area contributed by atoms with Gasteiger partial charge in [-0.1, -0.05) is 73.4 Å². The fourth-order valence-corrected chi connectivity index (χ4v) is 0.659. The number of carboxylic acid groups (broad SMARTS) is 1. The summed E-state index contributed by atoms with van der Waals surface area (Å²) in [6.07, 6.45) is 20.9. The summed E-state index contributed by atoms with van der Waals surface area (Å²) >= 11 is 0. The average Bonchev–Trinajstić information content (AvgIpc) is 4.00. The van der Waals surface area contributed by atoms with Crippen molar-refractivity contribution in [1.82, 2.24) is 0 Å². The molecule has 0 saturated carbocycles. The maximum Gasteiger partial charge on any atom is 0.327 e. The molecule has 2 rings (SSSR count). The Morgan fingerprint density at radius 2 is 0.608 bits per heavy atom. The predicted molar refractivity (Wildman–Crippen MR) is 237 cm³/mol. The van der Waals surface area contributed by atoms with Crippen molar-refractivity contribution in [3.63, 3.8) is 0 Å². The molecule has 2 aliphatic rings. The Morgan fingerprint density at radius 1 is 0.490 bits per heavy atom. The van der Waals surface area contributed by atoms with Crippen molar-refractivity contribution >= 4 is 5.97 Å². The van der Waals surface area contributed by atoms with E-state index in [1.165, 1.54) is 0 Å². The number of hydrogen-bond donors (Lipinski definition) is 3. The molecule has 2 fully saturated rings. The van der Waals surface area contributed by atoms with Crippen LogP contribution >= 0.6 is 0 Å². The molecule has 0 aromatic carbocycles. The van der Waals surface area contributed by atoms with E-state index in [0.717, 1.165) is 32.5 Å². The lowest BCUT2D eigenvalue weighted by Crippen LogP contribution is -2.06. The minimum atomic E-state index is -0.981. The van der Waals surface area contributed by atoms with Crippen LogP contribution in [-0.2, 0) is 19.0 Å². The van der Waals surface area contributed by atoms with Gasteiger partial charge in [0, 0.05) is 6.08 Å². The first-order valence-electron chi connectivity index (χ1n) is 16.4. The molecule has 0 aromatic heterocycles. The SMILES string of the molecule is C(OCC1CO1)C1CO1.C=CC.C=CC.C=CC.C=CC.C=CC.C=CC.C=CC.C=CC.C=CC.C=CC.C=CC.C=CC(=O)O.OCCO. The highest BCUT2D eigenvalue weighted by molar-refractivity contribution is 5.78. The average molecular weight is 727 g/mol. The van der Waals surface area contributed by atoms with Crippen molar-refractivity contribution in [2.75, 3.05) is 39.6 Å². The molecule has 0 aromatic rings. The second-order valence-corrected chi connectivity index (χ2v) is 7.93. The van der Waals surface area contributed by atoms with Gasteiger partial charge in [0.25, 0.3) is 0 Å². The van der Waals surface area contributed by atoms with Gasteiger partial charge in [-0.25, -0.2) is 4.79 Å². The van der Waals surface area contributed by atoms with Crippen LogP contribution in [0.2, 0.25) is 0 Å². The molecule has 0 amide bonds. The largest absolute Gasteiger partial charge is 0.478 e. The summed E-state index contributed by atoms with van der Waals surface area (Å²) in [5, 5.41) is 22.9. The standard InChI is InChI=1S/C6H10O3.C3H4O2.11C3H6.C2H6O2/c1(5-3-8-5)7-2-6-4-9-6;1-2-3(4)5;11*1-3-2;3-1-2-4/h5-6H,1-4H2;2H,1H2,(H,4,5);11*3H,1H2,2H3;3-4H,1-2H2. The van der Waals surface area contributed by atoms with E-state index < -0.39 is 5.97 Å². The molecule has 2 atom stereocenters. The van der Waals surface area contributed by atoms with Crippen LogP contribution in [0, 0.1) is 0 Å². The highest BCUT2D eigenvalue weighted by atomic mass is 16.6. The molecule has 0 radical (unpaired) electrons. The van der Waals surface area contributed by atoms with Crippen molar-refractivity contribution in [1.29, 1.82) is 0 Å². The molecule has 3 N–H and O–H groups in total. The Hall–Kier alpha value is -3.85. The molecule has 51 heavy (non-hydrogen) atoms. The monoisotopic (exact) mass is 727 g/mol. The number of epoxide rings is 2. The number of allylic oxidation sites excluding steroid dienone is 11. The second kappa shape index (κ2) is 138. The molecule has 2 aliphatic heterocycles. The number of rotatable bonds is 6. The third-order valence-corrected chi connectivity index (χ3v) is 1.69. The van der Waals surface area contributed by atoms with E-state index in [1.807, 2.05) is 76.2 Å². The number of aliphatic hydroxyl groups excluding tert-OH is 2. The van der Waals surface area contributed by atoms with Crippen LogP contribution in [0.3, 0.4) is 0 Å². The van der Waals surface area contributed by atoms with Gasteiger partial charge in [0.05, 0.1) is 39.6 Å². The lowest BCUT2D eigenvalue weighted by molar-refractivity contribution is -0.131. The van der Waals surface area contributed by atoms with Crippen molar-refractivity contribution in [2.45, 2.75) is 88.4 Å². The zero-order valence-corrected chi connectivity index (χ0v) is 35.3. The van der Waals surface area contributed by atoms with Crippen LogP contribution in [0.4, 0.5) is 0 Å². The van der Waals surface area contributed by atoms with Crippen LogP contribution in [0.5, 0.6) is 0 Å². The summed E-state index contributed by atoms with van der Waals surface area (Å²) in [5.74, 6) is -0.981. The Bertz CT molecular complexity index is 530. The van der Waals surface area contributed by atoms with Crippen LogP contribution in [0.15, 0.2) is 152 Å². The Labute approximate surface area is 319 Å². The van der Waals surface area contributed by atoms with Crippen molar-refractivity contribution in [3.8, 4) is 0 Å². The van der Waals surface area contributed by atoms with E-state index in [4.69, 9.17) is 29.5 Å². The molecule has 0 aliphatic carbocycles. The van der Waals surface area contributed by atoms with Gasteiger partial charge in [0.15, 0.2) is 0 Å². The van der Waals surface area contributed by atoms with E-state index in [2.05, 4.69) is 78.9 Å². The Balaban J connectivity index is -0.0000000330. The molecular formula is C44H86O7. The van der Waals surface area contributed by atoms with E-state index in [9.17, 15) is 4.79 Å². The molecule has 0 bridgehead atoms. The van der Waals surface area contributed by atoms with Gasteiger partial charge in [-0.05, 0) is 76.2 Å². The molecule has 0 spiro atoms. The maximum absolute atomic E-state index is 9.25. The third kappa shape index (κ3) is 724. The number of aliphatic carboxylic acids is 1. The van der Waals surface area contributed by atoms with Gasteiger partial charge in [0.2, 0.25) is 0 Å². The van der Waals surface area contributed by atoms with Gasteiger partial charge in [-0.3, -0.25) is 0 Å². The van der Waals surface area contributed by atoms with Gasteiger partial charge >= 0.3 is 5.97 Å². The molecular weight excluding hydrogens is 640 g/mol. The summed E-state index contributed by atoms with van der Waals surface area (Å²) in [7, 11) is 0. The van der Waals surface area contributed by atoms with E-state index in [1.54, 1.807) is 66.8 Å². The van der Waals surface area contributed by atoms with E-state index >= 15 is 0 Å². The third-order valence-electron chi connectivity index (χ3n) is 1.69. The Morgan fingerprint density at radius 3 is 0.667 bits per heavy atom. The van der Waals surface area contributed by atoms with Gasteiger partial charge in [-0.2, -0.15) is 0 Å². The topological polar surface area (TPSA) is 112 Å². The summed E-state index contributed by atoms with van der Waals surface area (Å²) in [6, 6.07) is 0. The summed E-state index contributed by atoms with van der Waals surface area (Å²) in [4.78, 5) is 9.25. The van der Waals surface area contributed by atoms with Crippen LogP contribution < -0.4 is 0 Å². The fourth-order valence-electron chi connectivity index (χ4n) is 0.659. The molecule has 7 heteroatoms. The highest BCUT2D eigenvalue weighted by Crippen LogP contribution is 2.12. The van der Waals surface area contributed by atoms with E-state index in [-0.39, 0.29) is 13.2 Å². The molecule has 7 nitrogen and oxygen atoms in total. The molecule has 2 heterocycles. The maximum atomic E-state index is 9.25. The minimum Gasteiger partial charge on any atom is -0.478 e. The summed E-state index contributed by atoms with van der Waals surface area (Å²) in [5.41, 5.74) is 0. The van der Waals surface area contributed by atoms with Gasteiger partial charge in [-0.15, -0.1) is 72.4 Å². The fraction of sp³-hybridized carbons (Fsp3) is 0.432. The number of aliphatic hydroxyl groups is 2. The first kappa shape index (κ1) is 81.3. The lowest BCUT2D eigenvalue weighted by Gasteiger charge is -1.95. The molecule has 2 unspecified atom stereocenters. The highest BCUT2D eigenvalue weighted by Gasteiger charge is 2.26. The zero-order chi connectivity index (χ0) is 43.6. The van der Waals surface area contributed by atoms with Crippen molar-refractivity contribution < 1.29 is 34.3 Å². The lowest BCUT2D eigenvalue weighted by atomic mass is 10.5. The molecule has 2 saturated heterocycles. The van der Waals surface area contributed by atoms with Gasteiger partial charge in [0.1, 0.15) is 12.2 Å². The summed E-state index contributed by atoms with van der Waals surface area (Å²) < 4.78 is 15.1. The van der Waals surface area contributed by atoms with Crippen LogP contribution in [-0.4, -0.2) is 73.1 Å². The predicted octanol–water partition coefficient (Wildman–Crippen LogP) is 12.1. The van der Waals surface area contributed by atoms with Crippen LogP contribution in [0.1, 0.15) is 76.2 Å². The number of carbonyl (C=O) groups is 1. The Kier molecular flexibility index (Phi) is 219. The summed E-state index contributed by atoms with van der Waals surface area (Å²) in [6.45, 7) is 63.7. The quantitative estimate of drug-likeness (QED) is 0.142. The minimum absolute atomic E-state index is 0.125.